The van der Waals surface area contributed by atoms with Crippen molar-refractivity contribution in [2.24, 2.45) is 5.41 Å². The van der Waals surface area contributed by atoms with E-state index in [1.54, 1.807) is 6.07 Å². The van der Waals surface area contributed by atoms with Crippen molar-refractivity contribution in [3.63, 3.8) is 0 Å². The van der Waals surface area contributed by atoms with Crippen LogP contribution in [0.2, 0.25) is 5.02 Å². The van der Waals surface area contributed by atoms with Gasteiger partial charge in [0.05, 0.1) is 28.4 Å². The molecule has 0 radical (unpaired) electrons. The molecule has 9 heteroatoms. The quantitative estimate of drug-likeness (QED) is 0.691. The number of carboxylic acid groups (broad SMARTS) is 1. The van der Waals surface area contributed by atoms with Gasteiger partial charge < -0.3 is 20.0 Å². The zero-order valence-electron chi connectivity index (χ0n) is 16.3. The van der Waals surface area contributed by atoms with E-state index in [-0.39, 0.29) is 23.5 Å². The Morgan fingerprint density at radius 1 is 1.17 bits per heavy atom. The van der Waals surface area contributed by atoms with Crippen LogP contribution in [-0.2, 0) is 4.79 Å². The van der Waals surface area contributed by atoms with Gasteiger partial charge in [0, 0.05) is 25.7 Å². The van der Waals surface area contributed by atoms with Crippen molar-refractivity contribution in [3.8, 4) is 0 Å². The Balaban J connectivity index is 1.39. The third-order valence-electron chi connectivity index (χ3n) is 6.75. The number of pyridine rings is 1. The summed E-state index contributed by atoms with van der Waals surface area (Å²) in [7, 11) is 0. The average molecular weight is 423 g/mol. The van der Waals surface area contributed by atoms with E-state index in [0.29, 0.717) is 29.6 Å². The molecule has 1 spiro atoms. The molecule has 1 aliphatic carbocycles. The number of anilines is 2. The lowest BCUT2D eigenvalue weighted by molar-refractivity contribution is -0.139. The van der Waals surface area contributed by atoms with E-state index >= 15 is 0 Å². The molecule has 0 bridgehead atoms. The number of likely N-dealkylation sites (tertiary alicyclic amines) is 1. The number of carbonyl (C=O) groups excluding carboxylic acids is 1. The molecule has 3 N–H and O–H groups in total. The van der Waals surface area contributed by atoms with Crippen LogP contribution in [0.1, 0.15) is 44.9 Å². The van der Waals surface area contributed by atoms with Crippen LogP contribution in [0.4, 0.5) is 16.3 Å². The number of carbonyl (C=O) groups is 2. The first-order chi connectivity index (χ1) is 13.9. The fourth-order valence-corrected chi connectivity index (χ4v) is 5.32. The summed E-state index contributed by atoms with van der Waals surface area (Å²) >= 11 is 6.33. The molecule has 3 fully saturated rings. The number of hydrogen-bond donors (Lipinski definition) is 3. The monoisotopic (exact) mass is 422 g/mol. The predicted molar refractivity (Wildman–Crippen MR) is 109 cm³/mol. The second-order valence-corrected chi connectivity index (χ2v) is 8.85. The number of aliphatic hydroxyl groups is 1. The Morgan fingerprint density at radius 2 is 1.83 bits per heavy atom. The highest BCUT2D eigenvalue weighted by atomic mass is 35.5. The molecule has 158 valence electrons. The number of piperidine rings is 1. The fraction of sp³-hybridized carbons (Fsp3) is 0.650. The number of nitrogens with one attached hydrogen (secondary N) is 1. The number of hydrogen-bond acceptors (Lipinski definition) is 5. The van der Waals surface area contributed by atoms with Gasteiger partial charge in [0.15, 0.2) is 0 Å². The van der Waals surface area contributed by atoms with Crippen LogP contribution >= 0.6 is 11.6 Å². The normalized spacial score (nSPS) is 26.8. The summed E-state index contributed by atoms with van der Waals surface area (Å²) in [4.78, 5) is 32.5. The van der Waals surface area contributed by atoms with Crippen LogP contribution in [0.15, 0.2) is 12.3 Å². The molecule has 8 nitrogen and oxygen atoms in total. The van der Waals surface area contributed by atoms with Crippen molar-refractivity contribution in [3.05, 3.63) is 17.3 Å². The summed E-state index contributed by atoms with van der Waals surface area (Å²) in [5.41, 5.74) is 0.0445. The predicted octanol–water partition coefficient (Wildman–Crippen LogP) is 2.95. The highest BCUT2D eigenvalue weighted by Crippen LogP contribution is 2.44. The van der Waals surface area contributed by atoms with Crippen molar-refractivity contribution in [2.45, 2.75) is 57.1 Å². The van der Waals surface area contributed by atoms with Crippen LogP contribution in [-0.4, -0.2) is 63.9 Å². The van der Waals surface area contributed by atoms with E-state index < -0.39 is 6.09 Å². The van der Waals surface area contributed by atoms with E-state index in [9.17, 15) is 14.7 Å². The number of halogens is 1. The minimum absolute atomic E-state index is 0.213. The largest absolute Gasteiger partial charge is 0.465 e. The Hall–Kier alpha value is -2.06. The molecule has 1 saturated carbocycles. The summed E-state index contributed by atoms with van der Waals surface area (Å²) in [6.07, 6.45) is 5.87. The molecule has 2 saturated heterocycles. The van der Waals surface area contributed by atoms with Crippen LogP contribution in [0.5, 0.6) is 0 Å². The number of aliphatic hydroxyl groups excluding tert-OH is 1. The molecule has 2 aliphatic heterocycles. The zero-order chi connectivity index (χ0) is 20.6. The molecule has 29 heavy (non-hydrogen) atoms. The molecule has 4 rings (SSSR count). The Bertz CT molecular complexity index is 789. The van der Waals surface area contributed by atoms with Gasteiger partial charge in [-0.25, -0.2) is 9.78 Å². The lowest BCUT2D eigenvalue weighted by atomic mass is 9.77. The van der Waals surface area contributed by atoms with Crippen molar-refractivity contribution in [1.29, 1.82) is 0 Å². The summed E-state index contributed by atoms with van der Waals surface area (Å²) in [5.74, 6) is 0.902. The van der Waals surface area contributed by atoms with E-state index in [0.717, 1.165) is 51.5 Å². The van der Waals surface area contributed by atoms with E-state index in [1.165, 1.54) is 6.20 Å². The lowest BCUT2D eigenvalue weighted by Gasteiger charge is -2.40. The summed E-state index contributed by atoms with van der Waals surface area (Å²) in [6.45, 7) is 2.21. The first-order valence-corrected chi connectivity index (χ1v) is 10.7. The van der Waals surface area contributed by atoms with Gasteiger partial charge in [-0.05, 0) is 51.0 Å². The minimum Gasteiger partial charge on any atom is -0.465 e. The minimum atomic E-state index is -1.16. The maximum absolute atomic E-state index is 13.3. The first-order valence-electron chi connectivity index (χ1n) is 10.3. The Kier molecular flexibility index (Phi) is 5.57. The Labute approximate surface area is 174 Å². The lowest BCUT2D eigenvalue weighted by Crippen LogP contribution is -2.47. The van der Waals surface area contributed by atoms with E-state index in [1.807, 2.05) is 0 Å². The Morgan fingerprint density at radius 3 is 2.45 bits per heavy atom. The third kappa shape index (κ3) is 4.00. The smallest absolute Gasteiger partial charge is 0.409 e. The van der Waals surface area contributed by atoms with Crippen molar-refractivity contribution < 1.29 is 19.8 Å². The average Bonchev–Trinajstić information content (AvgIpc) is 2.99. The number of amides is 2. The molecule has 2 amide bonds. The molecule has 3 heterocycles. The van der Waals surface area contributed by atoms with Crippen molar-refractivity contribution >= 4 is 35.1 Å². The third-order valence-corrected chi connectivity index (χ3v) is 7.02. The maximum Gasteiger partial charge on any atom is 0.409 e. The van der Waals surface area contributed by atoms with Gasteiger partial charge in [-0.15, -0.1) is 0 Å². The second-order valence-electron chi connectivity index (χ2n) is 8.44. The number of rotatable bonds is 3. The molecular formula is C20H27ClN4O4. The summed E-state index contributed by atoms with van der Waals surface area (Å²) in [5, 5.41) is 21.2. The van der Waals surface area contributed by atoms with Gasteiger partial charge in [-0.1, -0.05) is 11.6 Å². The molecule has 0 aromatic carbocycles. The number of aromatic nitrogens is 1. The molecule has 0 atom stereocenters. The standard InChI is InChI=1S/C20H27ClN4O4/c21-16-11-13(23-19(28)29)12-22-17(16)24-8-5-20(6-9-24)7-10-25(18(20)27)14-1-3-15(26)4-2-14/h11-12,14-15,23,26H,1-10H2,(H,28,29)/t14-,15+. The fourth-order valence-electron chi connectivity index (χ4n) is 5.03. The van der Waals surface area contributed by atoms with Gasteiger partial charge in [-0.2, -0.15) is 0 Å². The van der Waals surface area contributed by atoms with Gasteiger partial charge in [0.25, 0.3) is 0 Å². The van der Waals surface area contributed by atoms with E-state index in [4.69, 9.17) is 16.7 Å². The van der Waals surface area contributed by atoms with Crippen molar-refractivity contribution in [2.75, 3.05) is 29.9 Å². The van der Waals surface area contributed by atoms with Crippen LogP contribution in [0.3, 0.4) is 0 Å². The van der Waals surface area contributed by atoms with Crippen molar-refractivity contribution in [1.82, 2.24) is 9.88 Å². The molecule has 3 aliphatic rings. The van der Waals surface area contributed by atoms with Crippen LogP contribution in [0, 0.1) is 5.41 Å². The molecule has 1 aromatic rings. The van der Waals surface area contributed by atoms with Gasteiger partial charge in [0.2, 0.25) is 5.91 Å². The zero-order valence-corrected chi connectivity index (χ0v) is 17.1. The van der Waals surface area contributed by atoms with E-state index in [2.05, 4.69) is 20.1 Å². The highest BCUT2D eigenvalue weighted by molar-refractivity contribution is 6.33. The topological polar surface area (TPSA) is 106 Å². The SMILES string of the molecule is O=C(O)Nc1cnc(N2CCC3(CC2)CCN([C@H]2CC[C@@H](O)CC2)C3=O)c(Cl)c1. The molecule has 1 aromatic heterocycles. The number of nitrogens with zero attached hydrogens (tertiary/aromatic N) is 3. The molecular weight excluding hydrogens is 396 g/mol. The summed E-state index contributed by atoms with van der Waals surface area (Å²) in [6, 6.07) is 1.83. The van der Waals surface area contributed by atoms with Crippen LogP contribution in [0.25, 0.3) is 0 Å². The van der Waals surface area contributed by atoms with Gasteiger partial charge in [0.1, 0.15) is 5.82 Å². The first kappa shape index (κ1) is 20.2. The summed E-state index contributed by atoms with van der Waals surface area (Å²) < 4.78 is 0. The van der Waals surface area contributed by atoms with Gasteiger partial charge >= 0.3 is 6.09 Å². The van der Waals surface area contributed by atoms with Gasteiger partial charge in [-0.3, -0.25) is 10.1 Å². The maximum atomic E-state index is 13.3. The highest BCUT2D eigenvalue weighted by Gasteiger charge is 2.50. The molecule has 0 unspecified atom stereocenters. The van der Waals surface area contributed by atoms with Crippen LogP contribution < -0.4 is 10.2 Å². The second kappa shape index (κ2) is 7.99.